The predicted molar refractivity (Wildman–Crippen MR) is 116 cm³/mol. The van der Waals surface area contributed by atoms with Gasteiger partial charge in [-0.15, -0.1) is 11.3 Å². The van der Waals surface area contributed by atoms with Crippen molar-refractivity contribution in [3.63, 3.8) is 0 Å². The molecule has 2 aromatic rings. The average molecular weight is 417 g/mol. The SMILES string of the molecule is CC(C)Oc1ccc(C(=O)Nc2sc3c(c2C(N)=O)CC(C)(C)[NH2+]C3(C)C)cc1. The number of amides is 2. The number of quaternary nitrogens is 1. The Hall–Kier alpha value is -2.38. The summed E-state index contributed by atoms with van der Waals surface area (Å²) in [5, 5.41) is 5.75. The van der Waals surface area contributed by atoms with Gasteiger partial charge in [-0.05, 0) is 71.4 Å². The summed E-state index contributed by atoms with van der Waals surface area (Å²) in [6.07, 6.45) is 0.784. The average Bonchev–Trinajstić information content (AvgIpc) is 2.91. The van der Waals surface area contributed by atoms with Gasteiger partial charge in [0.25, 0.3) is 11.8 Å². The lowest BCUT2D eigenvalue weighted by Crippen LogP contribution is -3.03. The van der Waals surface area contributed by atoms with Crippen LogP contribution in [-0.4, -0.2) is 23.5 Å². The first kappa shape index (κ1) is 21.3. The summed E-state index contributed by atoms with van der Waals surface area (Å²) < 4.78 is 5.62. The highest BCUT2D eigenvalue weighted by Crippen LogP contribution is 2.42. The topological polar surface area (TPSA) is 98.0 Å². The number of thiophene rings is 1. The smallest absolute Gasteiger partial charge is 0.256 e. The fourth-order valence-corrected chi connectivity index (χ4v) is 5.48. The van der Waals surface area contributed by atoms with E-state index in [0.29, 0.717) is 21.9 Å². The van der Waals surface area contributed by atoms with Crippen LogP contribution in [0.25, 0.3) is 0 Å². The summed E-state index contributed by atoms with van der Waals surface area (Å²) in [7, 11) is 0. The second-order valence-electron chi connectivity index (χ2n) is 9.15. The molecule has 1 aliphatic rings. The number of carbonyl (C=O) groups is 2. The zero-order valence-electron chi connectivity index (χ0n) is 17.9. The molecule has 29 heavy (non-hydrogen) atoms. The van der Waals surface area contributed by atoms with Crippen LogP contribution in [0.1, 0.15) is 72.7 Å². The van der Waals surface area contributed by atoms with Crippen molar-refractivity contribution in [1.82, 2.24) is 0 Å². The molecular formula is C22H30N3O3S+. The molecule has 0 radical (unpaired) electrons. The van der Waals surface area contributed by atoms with E-state index in [1.165, 1.54) is 11.3 Å². The molecule has 0 unspecified atom stereocenters. The number of primary amides is 1. The van der Waals surface area contributed by atoms with Crippen molar-refractivity contribution in [3.8, 4) is 5.75 Å². The monoisotopic (exact) mass is 416 g/mol. The van der Waals surface area contributed by atoms with Gasteiger partial charge in [0.15, 0.2) is 0 Å². The molecule has 0 fully saturated rings. The van der Waals surface area contributed by atoms with Crippen LogP contribution < -0.4 is 21.1 Å². The zero-order chi connectivity index (χ0) is 21.6. The summed E-state index contributed by atoms with van der Waals surface area (Å²) in [4.78, 5) is 26.2. The third-order valence-corrected chi connectivity index (χ3v) is 6.42. The minimum Gasteiger partial charge on any atom is -0.491 e. The number of ether oxygens (including phenoxy) is 1. The van der Waals surface area contributed by atoms with Crippen molar-refractivity contribution in [2.45, 2.75) is 65.1 Å². The van der Waals surface area contributed by atoms with Gasteiger partial charge in [0.1, 0.15) is 16.3 Å². The molecule has 1 aromatic carbocycles. The van der Waals surface area contributed by atoms with Crippen LogP contribution in [0.15, 0.2) is 24.3 Å². The van der Waals surface area contributed by atoms with E-state index >= 15 is 0 Å². The quantitative estimate of drug-likeness (QED) is 0.699. The second-order valence-corrected chi connectivity index (χ2v) is 10.2. The normalized spacial score (nSPS) is 16.9. The van der Waals surface area contributed by atoms with Crippen molar-refractivity contribution < 1.29 is 19.6 Å². The van der Waals surface area contributed by atoms with E-state index in [-0.39, 0.29) is 23.1 Å². The highest BCUT2D eigenvalue weighted by atomic mass is 32.1. The standard InChI is InChI=1S/C22H29N3O3S/c1-12(2)28-14-9-7-13(8-10-14)19(27)24-20-16(18(23)26)15-11-21(3,4)25-22(5,6)17(15)29-20/h7-10,12,25H,11H2,1-6H3,(H2,23,26)(H,24,27)/p+1. The summed E-state index contributed by atoms with van der Waals surface area (Å²) in [6.45, 7) is 12.5. The molecule has 6 nitrogen and oxygen atoms in total. The van der Waals surface area contributed by atoms with Crippen molar-refractivity contribution in [2.24, 2.45) is 5.73 Å². The lowest BCUT2D eigenvalue weighted by molar-refractivity contribution is -0.789. The van der Waals surface area contributed by atoms with Gasteiger partial charge < -0.3 is 21.1 Å². The van der Waals surface area contributed by atoms with Crippen LogP contribution in [0.3, 0.4) is 0 Å². The maximum Gasteiger partial charge on any atom is 0.256 e. The van der Waals surface area contributed by atoms with Gasteiger partial charge in [0.05, 0.1) is 22.1 Å². The fraction of sp³-hybridized carbons (Fsp3) is 0.455. The first-order valence-electron chi connectivity index (χ1n) is 9.81. The van der Waals surface area contributed by atoms with Crippen molar-refractivity contribution in [2.75, 3.05) is 5.32 Å². The molecule has 0 saturated carbocycles. The summed E-state index contributed by atoms with van der Waals surface area (Å²) >= 11 is 1.44. The molecule has 1 aliphatic heterocycles. The first-order valence-corrected chi connectivity index (χ1v) is 10.6. The molecule has 1 aromatic heterocycles. The second kappa shape index (κ2) is 7.46. The Bertz CT molecular complexity index is 943. The summed E-state index contributed by atoms with van der Waals surface area (Å²) in [6, 6.07) is 6.96. The van der Waals surface area contributed by atoms with E-state index in [2.05, 4.69) is 38.3 Å². The number of benzene rings is 1. The molecule has 0 atom stereocenters. The van der Waals surface area contributed by atoms with Crippen LogP contribution in [0.4, 0.5) is 5.00 Å². The van der Waals surface area contributed by atoms with Crippen LogP contribution in [-0.2, 0) is 12.0 Å². The van der Waals surface area contributed by atoms with Crippen LogP contribution >= 0.6 is 11.3 Å². The van der Waals surface area contributed by atoms with Crippen molar-refractivity contribution in [3.05, 3.63) is 45.8 Å². The molecular weight excluding hydrogens is 386 g/mol. The largest absolute Gasteiger partial charge is 0.491 e. The lowest BCUT2D eigenvalue weighted by atomic mass is 9.81. The van der Waals surface area contributed by atoms with Gasteiger partial charge in [0, 0.05) is 12.0 Å². The number of rotatable bonds is 5. The highest BCUT2D eigenvalue weighted by molar-refractivity contribution is 7.17. The van der Waals surface area contributed by atoms with Gasteiger partial charge >= 0.3 is 0 Å². The number of anilines is 1. The van der Waals surface area contributed by atoms with Crippen molar-refractivity contribution in [1.29, 1.82) is 0 Å². The van der Waals surface area contributed by atoms with E-state index in [9.17, 15) is 9.59 Å². The molecule has 0 bridgehead atoms. The molecule has 3 rings (SSSR count). The number of hydrogen-bond donors (Lipinski definition) is 3. The van der Waals surface area contributed by atoms with E-state index in [0.717, 1.165) is 16.9 Å². The predicted octanol–water partition coefficient (Wildman–Crippen LogP) is 3.02. The van der Waals surface area contributed by atoms with Crippen molar-refractivity contribution >= 4 is 28.2 Å². The number of nitrogens with one attached hydrogen (secondary N) is 1. The third-order valence-electron chi connectivity index (χ3n) is 4.94. The highest BCUT2D eigenvalue weighted by Gasteiger charge is 2.45. The Morgan fingerprint density at radius 3 is 2.34 bits per heavy atom. The maximum atomic E-state index is 12.8. The molecule has 2 heterocycles. The third kappa shape index (κ3) is 4.46. The number of nitrogens with two attached hydrogens (primary N) is 2. The first-order chi connectivity index (χ1) is 13.4. The van der Waals surface area contributed by atoms with E-state index in [1.54, 1.807) is 24.3 Å². The summed E-state index contributed by atoms with van der Waals surface area (Å²) in [5.41, 5.74) is 7.35. The molecule has 5 N–H and O–H groups in total. The molecule has 0 saturated heterocycles. The van der Waals surface area contributed by atoms with Gasteiger partial charge in [-0.2, -0.15) is 0 Å². The van der Waals surface area contributed by atoms with Gasteiger partial charge in [-0.3, -0.25) is 9.59 Å². The van der Waals surface area contributed by atoms with E-state index in [4.69, 9.17) is 10.5 Å². The molecule has 0 aliphatic carbocycles. The Kier molecular flexibility index (Phi) is 5.49. The van der Waals surface area contributed by atoms with Gasteiger partial charge in [-0.1, -0.05) is 0 Å². The minimum atomic E-state index is -0.507. The lowest BCUT2D eigenvalue weighted by Gasteiger charge is -2.38. The van der Waals surface area contributed by atoms with Crippen LogP contribution in [0.2, 0.25) is 0 Å². The fourth-order valence-electron chi connectivity index (χ4n) is 4.18. The van der Waals surface area contributed by atoms with Crippen LogP contribution in [0, 0.1) is 0 Å². The summed E-state index contributed by atoms with van der Waals surface area (Å²) in [5.74, 6) is -0.0734. The molecule has 156 valence electrons. The van der Waals surface area contributed by atoms with Crippen LogP contribution in [0.5, 0.6) is 5.75 Å². The van der Waals surface area contributed by atoms with E-state index in [1.807, 2.05) is 13.8 Å². The van der Waals surface area contributed by atoms with Gasteiger partial charge in [0.2, 0.25) is 0 Å². The Morgan fingerprint density at radius 1 is 1.17 bits per heavy atom. The molecule has 7 heteroatoms. The number of fused-ring (bicyclic) bond motifs is 1. The van der Waals surface area contributed by atoms with Gasteiger partial charge in [-0.25, -0.2) is 0 Å². The Morgan fingerprint density at radius 2 is 1.79 bits per heavy atom. The maximum absolute atomic E-state index is 12.8. The molecule has 2 amide bonds. The Balaban J connectivity index is 1.93. The Labute approximate surface area is 175 Å². The number of carbonyl (C=O) groups excluding carboxylic acids is 2. The minimum absolute atomic E-state index is 0.0602. The number of hydrogen-bond acceptors (Lipinski definition) is 4. The molecule has 0 spiro atoms. The van der Waals surface area contributed by atoms with E-state index < -0.39 is 5.91 Å². The zero-order valence-corrected chi connectivity index (χ0v) is 18.7.